The fourth-order valence-electron chi connectivity index (χ4n) is 3.12. The molecule has 1 saturated carbocycles. The molecule has 1 unspecified atom stereocenters. The SMILES string of the molecule is CCC(c1ccc2c(N)c(C(=O)O)c(=O)[nH]c2c1)C1CC1.SI. The Morgan fingerprint density at radius 1 is 1.48 bits per heavy atom. The summed E-state index contributed by atoms with van der Waals surface area (Å²) in [5.41, 5.74) is 6.65. The number of aromatic carboxylic acids is 1. The smallest absolute Gasteiger partial charge is 0.343 e. The first-order valence-electron chi connectivity index (χ1n) is 7.38. The number of halogens is 1. The van der Waals surface area contributed by atoms with Crippen molar-refractivity contribution in [3.63, 3.8) is 0 Å². The molecule has 1 aromatic heterocycles. The van der Waals surface area contributed by atoms with Gasteiger partial charge in [-0.3, -0.25) is 4.79 Å². The minimum atomic E-state index is -1.30. The highest BCUT2D eigenvalue weighted by Crippen LogP contribution is 2.44. The summed E-state index contributed by atoms with van der Waals surface area (Å²) in [5.74, 6) is -0.0720. The zero-order valence-electron chi connectivity index (χ0n) is 12.7. The summed E-state index contributed by atoms with van der Waals surface area (Å²) in [6.07, 6.45) is 3.57. The van der Waals surface area contributed by atoms with Gasteiger partial charge in [-0.15, -0.1) is 9.80 Å². The minimum Gasteiger partial charge on any atom is -0.477 e. The first-order valence-corrected chi connectivity index (χ1v) is 10.6. The van der Waals surface area contributed by atoms with Gasteiger partial charge < -0.3 is 15.8 Å². The van der Waals surface area contributed by atoms with Crippen LogP contribution < -0.4 is 11.3 Å². The number of carboxylic acid groups (broad SMARTS) is 1. The van der Waals surface area contributed by atoms with Crippen LogP contribution in [0.1, 0.15) is 48.0 Å². The lowest BCUT2D eigenvalue weighted by atomic mass is 9.91. The third kappa shape index (κ3) is 3.65. The summed E-state index contributed by atoms with van der Waals surface area (Å²) in [6.45, 7) is 2.16. The van der Waals surface area contributed by atoms with Crippen LogP contribution in [0.15, 0.2) is 23.0 Å². The summed E-state index contributed by atoms with van der Waals surface area (Å²) in [6, 6.07) is 5.74. The molecular weight excluding hydrogens is 427 g/mol. The predicted molar refractivity (Wildman–Crippen MR) is 105 cm³/mol. The molecule has 1 aliphatic carbocycles. The van der Waals surface area contributed by atoms with Crippen LogP contribution in [0.25, 0.3) is 10.9 Å². The zero-order valence-corrected chi connectivity index (χ0v) is 15.7. The Bertz CT molecular complexity index is 787. The highest BCUT2D eigenvalue weighted by molar-refractivity contribution is 14.2. The highest BCUT2D eigenvalue weighted by atomic mass is 127. The molecule has 0 aliphatic heterocycles. The van der Waals surface area contributed by atoms with E-state index in [1.54, 1.807) is 0 Å². The van der Waals surface area contributed by atoms with Crippen LogP contribution in [-0.4, -0.2) is 16.1 Å². The molecule has 1 atom stereocenters. The molecule has 7 heteroatoms. The molecule has 0 amide bonds. The number of hydrogen-bond acceptors (Lipinski definition) is 4. The maximum Gasteiger partial charge on any atom is 0.343 e. The quantitative estimate of drug-likeness (QED) is 0.422. The van der Waals surface area contributed by atoms with Crippen molar-refractivity contribution in [2.75, 3.05) is 5.73 Å². The van der Waals surface area contributed by atoms with Crippen molar-refractivity contribution in [3.8, 4) is 0 Å². The van der Waals surface area contributed by atoms with E-state index in [1.165, 1.54) is 18.4 Å². The molecule has 0 bridgehead atoms. The summed E-state index contributed by atoms with van der Waals surface area (Å²) >= 11 is 1.84. The van der Waals surface area contributed by atoms with E-state index in [0.29, 0.717) is 16.8 Å². The number of thiol groups is 1. The van der Waals surface area contributed by atoms with E-state index in [9.17, 15) is 9.59 Å². The molecule has 124 valence electrons. The third-order valence-corrected chi connectivity index (χ3v) is 4.35. The number of aromatic amines is 1. The molecule has 1 aliphatic rings. The van der Waals surface area contributed by atoms with Gasteiger partial charge in [0.05, 0.1) is 11.2 Å². The second kappa shape index (κ2) is 7.57. The average Bonchev–Trinajstić information content (AvgIpc) is 3.34. The number of nitrogens with two attached hydrogens (primary N) is 1. The normalized spacial score (nSPS) is 14.9. The van der Waals surface area contributed by atoms with Gasteiger partial charge in [-0.25, -0.2) is 4.79 Å². The number of benzene rings is 1. The Labute approximate surface area is 151 Å². The van der Waals surface area contributed by atoms with Gasteiger partial charge >= 0.3 is 5.97 Å². The van der Waals surface area contributed by atoms with Crippen molar-refractivity contribution in [1.29, 1.82) is 0 Å². The monoisotopic (exact) mass is 446 g/mol. The molecule has 23 heavy (non-hydrogen) atoms. The number of carboxylic acids is 1. The Morgan fingerprint density at radius 3 is 2.65 bits per heavy atom. The molecule has 0 radical (unpaired) electrons. The van der Waals surface area contributed by atoms with Crippen molar-refractivity contribution >= 4 is 53.6 Å². The summed E-state index contributed by atoms with van der Waals surface area (Å²) in [7, 11) is 3.50. The lowest BCUT2D eigenvalue weighted by molar-refractivity contribution is 0.0696. The second-order valence-corrected chi connectivity index (χ2v) is 5.71. The van der Waals surface area contributed by atoms with Crippen LogP contribution in [0.2, 0.25) is 0 Å². The number of anilines is 1. The maximum absolute atomic E-state index is 11.9. The van der Waals surface area contributed by atoms with Gasteiger partial charge in [-0.2, -0.15) is 0 Å². The van der Waals surface area contributed by atoms with Crippen LogP contribution in [0.5, 0.6) is 0 Å². The number of pyridine rings is 1. The van der Waals surface area contributed by atoms with E-state index in [-0.39, 0.29) is 11.3 Å². The van der Waals surface area contributed by atoms with Gasteiger partial charge in [0.15, 0.2) is 0 Å². The van der Waals surface area contributed by atoms with Crippen molar-refractivity contribution in [2.45, 2.75) is 32.1 Å². The summed E-state index contributed by atoms with van der Waals surface area (Å²) in [4.78, 5) is 25.6. The van der Waals surface area contributed by atoms with Crippen LogP contribution in [0.3, 0.4) is 0 Å². The van der Waals surface area contributed by atoms with Crippen molar-refractivity contribution < 1.29 is 9.90 Å². The standard InChI is InChI=1S/C16H18N2O3.HIS/c1-2-10(8-3-4-8)9-5-6-11-12(7-9)18-15(19)13(14(11)17)16(20)21;1-2/h5-8,10H,2-4H2,1H3,(H,20,21)(H3,17,18,19);2H. The number of nitrogen functional groups attached to an aromatic ring is 1. The Kier molecular flexibility index (Phi) is 5.96. The molecule has 2 aromatic rings. The fourth-order valence-corrected chi connectivity index (χ4v) is 3.12. The van der Waals surface area contributed by atoms with Crippen LogP contribution in [0.4, 0.5) is 5.69 Å². The number of H-pyrrole nitrogens is 1. The van der Waals surface area contributed by atoms with Crippen molar-refractivity contribution in [2.24, 2.45) is 5.92 Å². The molecule has 0 spiro atoms. The molecule has 1 aromatic carbocycles. The largest absolute Gasteiger partial charge is 0.477 e. The predicted octanol–water partition coefficient (Wildman–Crippen LogP) is 3.98. The molecule has 1 fully saturated rings. The first-order chi connectivity index (χ1) is 11.0. The number of carbonyl (C=O) groups is 1. The van der Waals surface area contributed by atoms with E-state index in [0.717, 1.165) is 12.3 Å². The Morgan fingerprint density at radius 2 is 2.13 bits per heavy atom. The highest BCUT2D eigenvalue weighted by Gasteiger charge is 2.31. The Balaban J connectivity index is 0.000000924. The van der Waals surface area contributed by atoms with Gasteiger partial charge in [0, 0.05) is 5.39 Å². The molecule has 3 rings (SSSR count). The average molecular weight is 446 g/mol. The molecular formula is C16H19IN2O3S. The zero-order chi connectivity index (χ0) is 17.1. The van der Waals surface area contributed by atoms with E-state index in [2.05, 4.69) is 21.7 Å². The molecule has 5 nitrogen and oxygen atoms in total. The Hall–Kier alpha value is -1.22. The van der Waals surface area contributed by atoms with Crippen LogP contribution in [-0.2, 0) is 0 Å². The van der Waals surface area contributed by atoms with E-state index < -0.39 is 11.5 Å². The number of rotatable bonds is 4. The number of nitrogens with one attached hydrogen (secondary N) is 1. The lowest BCUT2D eigenvalue weighted by Gasteiger charge is -2.15. The van der Waals surface area contributed by atoms with Gasteiger partial charge in [-0.1, -0.05) is 19.1 Å². The van der Waals surface area contributed by atoms with Gasteiger partial charge in [0.2, 0.25) is 0 Å². The number of aromatic nitrogens is 1. The fraction of sp³-hybridized carbons (Fsp3) is 0.375. The van der Waals surface area contributed by atoms with Gasteiger partial charge in [0.25, 0.3) is 5.56 Å². The van der Waals surface area contributed by atoms with E-state index in [1.807, 2.05) is 39.4 Å². The third-order valence-electron chi connectivity index (χ3n) is 4.35. The molecule has 4 N–H and O–H groups in total. The van der Waals surface area contributed by atoms with Gasteiger partial charge in [0.1, 0.15) is 5.56 Å². The first kappa shape index (κ1) is 18.1. The maximum atomic E-state index is 11.9. The molecule has 1 heterocycles. The summed E-state index contributed by atoms with van der Waals surface area (Å²) < 4.78 is 0. The number of hydrogen-bond donors (Lipinski definition) is 4. The van der Waals surface area contributed by atoms with Crippen LogP contribution in [0, 0.1) is 5.92 Å². The molecule has 0 saturated heterocycles. The van der Waals surface area contributed by atoms with Crippen LogP contribution >= 0.6 is 31.0 Å². The number of fused-ring (bicyclic) bond motifs is 1. The minimum absolute atomic E-state index is 0.0345. The van der Waals surface area contributed by atoms with Crippen molar-refractivity contribution in [1.82, 2.24) is 4.98 Å². The van der Waals surface area contributed by atoms with E-state index in [4.69, 9.17) is 10.8 Å². The van der Waals surface area contributed by atoms with E-state index >= 15 is 0 Å². The lowest BCUT2D eigenvalue weighted by Crippen LogP contribution is -2.20. The van der Waals surface area contributed by atoms with Crippen molar-refractivity contribution in [3.05, 3.63) is 39.7 Å². The topological polar surface area (TPSA) is 96.2 Å². The van der Waals surface area contributed by atoms with Gasteiger partial charge in [-0.05, 0) is 63.9 Å². The summed E-state index contributed by atoms with van der Waals surface area (Å²) in [5, 5.41) is 9.65. The second-order valence-electron chi connectivity index (χ2n) is 5.71.